The van der Waals surface area contributed by atoms with Gasteiger partial charge in [0.05, 0.1) is 10.6 Å². The van der Waals surface area contributed by atoms with Crippen LogP contribution in [0.5, 0.6) is 0 Å². The molecule has 0 saturated heterocycles. The number of halogens is 4. The number of benzene rings is 2. The van der Waals surface area contributed by atoms with Gasteiger partial charge in [0.25, 0.3) is 0 Å². The molecular weight excluding hydrogens is 401 g/mol. The van der Waals surface area contributed by atoms with E-state index in [0.717, 1.165) is 37.8 Å². The van der Waals surface area contributed by atoms with E-state index in [9.17, 15) is 18.0 Å². The highest BCUT2D eigenvalue weighted by molar-refractivity contribution is 6.31. The lowest BCUT2D eigenvalue weighted by atomic mass is 9.82. The van der Waals surface area contributed by atoms with Crippen molar-refractivity contribution in [3.8, 4) is 0 Å². The fourth-order valence-electron chi connectivity index (χ4n) is 3.79. The Morgan fingerprint density at radius 2 is 1.72 bits per heavy atom. The van der Waals surface area contributed by atoms with Gasteiger partial charge in [0.1, 0.15) is 0 Å². The molecule has 1 fully saturated rings. The largest absolute Gasteiger partial charge is 0.417 e. The van der Waals surface area contributed by atoms with Crippen LogP contribution in [0.15, 0.2) is 48.5 Å². The molecule has 2 aromatic carbocycles. The third-order valence-electron chi connectivity index (χ3n) is 5.34. The van der Waals surface area contributed by atoms with Gasteiger partial charge in [-0.2, -0.15) is 13.2 Å². The SMILES string of the molecule is O=C(CCN[C@H]1CC[C@H](c2ccccc2)CC1)Nc1ccc(Cl)c(C(F)(F)F)c1. The Morgan fingerprint density at radius 3 is 2.38 bits per heavy atom. The molecule has 1 aliphatic rings. The second kappa shape index (κ2) is 9.63. The molecule has 0 atom stereocenters. The van der Waals surface area contributed by atoms with Crippen LogP contribution in [-0.2, 0) is 11.0 Å². The van der Waals surface area contributed by atoms with Gasteiger partial charge in [0.15, 0.2) is 0 Å². The van der Waals surface area contributed by atoms with Crippen molar-refractivity contribution in [1.29, 1.82) is 0 Å². The van der Waals surface area contributed by atoms with Gasteiger partial charge in [-0.1, -0.05) is 41.9 Å². The Hall–Kier alpha value is -2.05. The van der Waals surface area contributed by atoms with Gasteiger partial charge >= 0.3 is 6.18 Å². The molecule has 0 spiro atoms. The van der Waals surface area contributed by atoms with Crippen LogP contribution in [0.25, 0.3) is 0 Å². The molecule has 1 aliphatic carbocycles. The lowest BCUT2D eigenvalue weighted by Gasteiger charge is -2.29. The Morgan fingerprint density at radius 1 is 1.03 bits per heavy atom. The third kappa shape index (κ3) is 6.21. The van der Waals surface area contributed by atoms with Gasteiger partial charge in [-0.3, -0.25) is 4.79 Å². The van der Waals surface area contributed by atoms with E-state index in [-0.39, 0.29) is 23.0 Å². The maximum atomic E-state index is 12.9. The summed E-state index contributed by atoms with van der Waals surface area (Å²) in [7, 11) is 0. The van der Waals surface area contributed by atoms with Crippen LogP contribution in [0.1, 0.15) is 49.1 Å². The van der Waals surface area contributed by atoms with Crippen molar-refractivity contribution in [2.75, 3.05) is 11.9 Å². The Balaban J connectivity index is 1.41. The fraction of sp³-hybridized carbons (Fsp3) is 0.409. The molecule has 3 rings (SSSR count). The van der Waals surface area contributed by atoms with Gasteiger partial charge in [-0.15, -0.1) is 0 Å². The molecular formula is C22H24ClF3N2O. The highest BCUT2D eigenvalue weighted by Gasteiger charge is 2.33. The van der Waals surface area contributed by atoms with E-state index in [4.69, 9.17) is 11.6 Å². The van der Waals surface area contributed by atoms with Crippen LogP contribution in [0.4, 0.5) is 18.9 Å². The van der Waals surface area contributed by atoms with Gasteiger partial charge in [-0.25, -0.2) is 0 Å². The van der Waals surface area contributed by atoms with E-state index in [2.05, 4.69) is 34.9 Å². The normalized spacial score (nSPS) is 19.7. The van der Waals surface area contributed by atoms with Crippen LogP contribution in [0.2, 0.25) is 5.02 Å². The van der Waals surface area contributed by atoms with E-state index in [1.807, 2.05) is 6.07 Å². The number of carbonyl (C=O) groups is 1. The summed E-state index contributed by atoms with van der Waals surface area (Å²) in [6, 6.07) is 14.2. The molecule has 0 aromatic heterocycles. The summed E-state index contributed by atoms with van der Waals surface area (Å²) in [5.74, 6) is 0.260. The van der Waals surface area contributed by atoms with Crippen molar-refractivity contribution in [2.45, 2.75) is 50.2 Å². The maximum absolute atomic E-state index is 12.9. The average Bonchev–Trinajstić information content (AvgIpc) is 2.70. The van der Waals surface area contributed by atoms with Gasteiger partial charge in [-0.05, 0) is 55.4 Å². The zero-order valence-corrected chi connectivity index (χ0v) is 16.7. The Bertz CT molecular complexity index is 819. The predicted molar refractivity (Wildman–Crippen MR) is 109 cm³/mol. The molecule has 3 nitrogen and oxygen atoms in total. The zero-order chi connectivity index (χ0) is 20.9. The summed E-state index contributed by atoms with van der Waals surface area (Å²) in [5, 5.41) is 5.52. The van der Waals surface area contributed by atoms with Crippen molar-refractivity contribution >= 4 is 23.2 Å². The van der Waals surface area contributed by atoms with Crippen molar-refractivity contribution in [1.82, 2.24) is 5.32 Å². The second-order valence-electron chi connectivity index (χ2n) is 7.40. The van der Waals surface area contributed by atoms with Crippen LogP contribution < -0.4 is 10.6 Å². The summed E-state index contributed by atoms with van der Waals surface area (Å²) in [6.07, 6.45) is -0.0427. The summed E-state index contributed by atoms with van der Waals surface area (Å²) >= 11 is 5.59. The van der Waals surface area contributed by atoms with E-state index >= 15 is 0 Å². The molecule has 0 radical (unpaired) electrons. The summed E-state index contributed by atoms with van der Waals surface area (Å²) < 4.78 is 38.7. The van der Waals surface area contributed by atoms with Crippen LogP contribution in [-0.4, -0.2) is 18.5 Å². The summed E-state index contributed by atoms with van der Waals surface area (Å²) in [5.41, 5.74) is 0.520. The molecule has 7 heteroatoms. The minimum absolute atomic E-state index is 0.0927. The zero-order valence-electron chi connectivity index (χ0n) is 15.9. The van der Waals surface area contributed by atoms with E-state index in [1.54, 1.807) is 0 Å². The van der Waals surface area contributed by atoms with E-state index in [0.29, 0.717) is 18.5 Å². The molecule has 0 unspecified atom stereocenters. The first-order valence-electron chi connectivity index (χ1n) is 9.78. The molecule has 156 valence electrons. The first-order valence-corrected chi connectivity index (χ1v) is 10.2. The van der Waals surface area contributed by atoms with Crippen LogP contribution in [0, 0.1) is 0 Å². The quantitative estimate of drug-likeness (QED) is 0.596. The highest BCUT2D eigenvalue weighted by Crippen LogP contribution is 2.36. The number of hydrogen-bond donors (Lipinski definition) is 2. The van der Waals surface area contributed by atoms with E-state index in [1.165, 1.54) is 11.6 Å². The standard InChI is InChI=1S/C22H24ClF3N2O/c23-20-11-10-18(14-19(20)22(24,25)26)28-21(29)12-13-27-17-8-6-16(7-9-17)15-4-2-1-3-5-15/h1-5,10-11,14,16-17,27H,6-9,12-13H2,(H,28,29)/t16-,17-. The minimum atomic E-state index is -4.56. The second-order valence-corrected chi connectivity index (χ2v) is 7.81. The molecule has 2 aromatic rings. The lowest BCUT2D eigenvalue weighted by Crippen LogP contribution is -2.34. The monoisotopic (exact) mass is 424 g/mol. The number of amides is 1. The average molecular weight is 425 g/mol. The highest BCUT2D eigenvalue weighted by atomic mass is 35.5. The first kappa shape index (κ1) is 21.7. The van der Waals surface area contributed by atoms with Gasteiger partial charge in [0.2, 0.25) is 5.91 Å². The van der Waals surface area contributed by atoms with Crippen molar-refractivity contribution in [2.24, 2.45) is 0 Å². The van der Waals surface area contributed by atoms with Crippen molar-refractivity contribution in [3.05, 3.63) is 64.7 Å². The first-order chi connectivity index (χ1) is 13.8. The smallest absolute Gasteiger partial charge is 0.326 e. The Kier molecular flexibility index (Phi) is 7.19. The summed E-state index contributed by atoms with van der Waals surface area (Å²) in [4.78, 5) is 12.1. The lowest BCUT2D eigenvalue weighted by molar-refractivity contribution is -0.137. The fourth-order valence-corrected chi connectivity index (χ4v) is 4.01. The van der Waals surface area contributed by atoms with Crippen molar-refractivity contribution in [3.63, 3.8) is 0 Å². The predicted octanol–water partition coefficient (Wildman–Crippen LogP) is 6.00. The van der Waals surface area contributed by atoms with E-state index < -0.39 is 11.7 Å². The van der Waals surface area contributed by atoms with Gasteiger partial charge in [0, 0.05) is 24.7 Å². The van der Waals surface area contributed by atoms with Crippen molar-refractivity contribution < 1.29 is 18.0 Å². The molecule has 0 aliphatic heterocycles. The minimum Gasteiger partial charge on any atom is -0.326 e. The number of anilines is 1. The number of alkyl halides is 3. The number of hydrogen-bond acceptors (Lipinski definition) is 2. The molecule has 2 N–H and O–H groups in total. The van der Waals surface area contributed by atoms with Crippen LogP contribution in [0.3, 0.4) is 0 Å². The molecule has 29 heavy (non-hydrogen) atoms. The maximum Gasteiger partial charge on any atom is 0.417 e. The van der Waals surface area contributed by atoms with Crippen LogP contribution >= 0.6 is 11.6 Å². The summed E-state index contributed by atoms with van der Waals surface area (Å²) in [6.45, 7) is 0.492. The van der Waals surface area contributed by atoms with Gasteiger partial charge < -0.3 is 10.6 Å². The number of nitrogens with one attached hydrogen (secondary N) is 2. The number of rotatable bonds is 6. The Labute approximate surface area is 173 Å². The number of carbonyl (C=O) groups excluding carboxylic acids is 1. The topological polar surface area (TPSA) is 41.1 Å². The third-order valence-corrected chi connectivity index (χ3v) is 5.67. The molecule has 0 heterocycles. The molecule has 0 bridgehead atoms. The molecule has 1 saturated carbocycles. The molecule has 1 amide bonds.